The van der Waals surface area contributed by atoms with E-state index in [0.717, 1.165) is 17.8 Å². The minimum atomic E-state index is 0.988. The van der Waals surface area contributed by atoms with Crippen LogP contribution >= 0.6 is 0 Å². The van der Waals surface area contributed by atoms with E-state index in [2.05, 4.69) is 20.0 Å². The first-order chi connectivity index (χ1) is 10.2. The number of quaternary nitrogens is 1. The molecule has 0 spiro atoms. The van der Waals surface area contributed by atoms with Crippen molar-refractivity contribution < 1.29 is 4.48 Å². The molecule has 1 heterocycles. The average molecular weight is 292 g/mol. The molecule has 1 nitrogen and oxygen atoms in total. The van der Waals surface area contributed by atoms with Crippen molar-refractivity contribution in [2.24, 2.45) is 17.8 Å². The highest BCUT2D eigenvalue weighted by Crippen LogP contribution is 2.48. The first kappa shape index (κ1) is 15.8. The molecule has 0 N–H and O–H groups in total. The Morgan fingerprint density at radius 2 is 0.952 bits per heavy atom. The molecule has 0 atom stereocenters. The SMILES string of the molecule is C[N+]1(C)CCC([C](C2CCCCC2)C2CCCCC2)CC1. The van der Waals surface area contributed by atoms with E-state index < -0.39 is 0 Å². The van der Waals surface area contributed by atoms with Gasteiger partial charge in [0.25, 0.3) is 0 Å². The molecule has 0 amide bonds. The maximum absolute atomic E-state index is 2.43. The van der Waals surface area contributed by atoms with E-state index in [9.17, 15) is 0 Å². The van der Waals surface area contributed by atoms with Gasteiger partial charge >= 0.3 is 0 Å². The van der Waals surface area contributed by atoms with Crippen molar-refractivity contribution in [3.05, 3.63) is 5.92 Å². The molecule has 1 heteroatoms. The highest BCUT2D eigenvalue weighted by molar-refractivity contribution is 5.08. The number of hydrogen-bond acceptors (Lipinski definition) is 0. The third-order valence-corrected chi connectivity index (χ3v) is 6.79. The molecule has 1 saturated heterocycles. The van der Waals surface area contributed by atoms with Crippen LogP contribution in [0.2, 0.25) is 0 Å². The summed E-state index contributed by atoms with van der Waals surface area (Å²) >= 11 is 0. The van der Waals surface area contributed by atoms with Crippen LogP contribution in [-0.4, -0.2) is 31.7 Å². The molecule has 21 heavy (non-hydrogen) atoms. The molecule has 0 aromatic rings. The Labute approximate surface area is 133 Å². The molecule has 3 fully saturated rings. The van der Waals surface area contributed by atoms with Gasteiger partial charge in [0.2, 0.25) is 0 Å². The van der Waals surface area contributed by atoms with Crippen molar-refractivity contribution in [1.29, 1.82) is 0 Å². The van der Waals surface area contributed by atoms with Crippen LogP contribution in [0.5, 0.6) is 0 Å². The largest absolute Gasteiger partial charge is 0.328 e. The summed E-state index contributed by atoms with van der Waals surface area (Å²) in [4.78, 5) is 0. The van der Waals surface area contributed by atoms with Crippen LogP contribution in [0.4, 0.5) is 0 Å². The van der Waals surface area contributed by atoms with Crippen LogP contribution in [0, 0.1) is 23.7 Å². The molecule has 0 bridgehead atoms. The zero-order valence-corrected chi connectivity index (χ0v) is 14.6. The number of likely N-dealkylation sites (tertiary alicyclic amines) is 1. The Bertz CT molecular complexity index is 282. The quantitative estimate of drug-likeness (QED) is 0.626. The molecule has 0 aromatic carbocycles. The van der Waals surface area contributed by atoms with Gasteiger partial charge < -0.3 is 4.48 Å². The Kier molecular flexibility index (Phi) is 5.30. The van der Waals surface area contributed by atoms with Gasteiger partial charge in [0, 0.05) is 12.8 Å². The lowest BCUT2D eigenvalue weighted by molar-refractivity contribution is -0.896. The summed E-state index contributed by atoms with van der Waals surface area (Å²) in [5.74, 6) is 5.11. The van der Waals surface area contributed by atoms with Gasteiger partial charge in [-0.05, 0) is 49.4 Å². The van der Waals surface area contributed by atoms with Gasteiger partial charge in [-0.3, -0.25) is 0 Å². The van der Waals surface area contributed by atoms with Crippen LogP contribution in [0.3, 0.4) is 0 Å². The fourth-order valence-corrected chi connectivity index (χ4v) is 5.47. The van der Waals surface area contributed by atoms with E-state index in [0.29, 0.717) is 0 Å². The van der Waals surface area contributed by atoms with Gasteiger partial charge in [-0.2, -0.15) is 0 Å². The van der Waals surface area contributed by atoms with Crippen molar-refractivity contribution >= 4 is 0 Å². The van der Waals surface area contributed by atoms with Gasteiger partial charge in [-0.1, -0.05) is 38.5 Å². The summed E-state index contributed by atoms with van der Waals surface area (Å²) in [5.41, 5.74) is 0. The molecular formula is C20H37N+. The van der Waals surface area contributed by atoms with E-state index in [4.69, 9.17) is 0 Å². The lowest BCUT2D eigenvalue weighted by Crippen LogP contribution is -2.48. The van der Waals surface area contributed by atoms with Crippen LogP contribution in [0.25, 0.3) is 0 Å². The van der Waals surface area contributed by atoms with Gasteiger partial charge in [0.15, 0.2) is 0 Å². The Morgan fingerprint density at radius 1 is 0.571 bits per heavy atom. The lowest BCUT2D eigenvalue weighted by Gasteiger charge is -2.46. The summed E-state index contributed by atoms with van der Waals surface area (Å²) in [6.07, 6.45) is 18.1. The first-order valence-corrected chi connectivity index (χ1v) is 9.84. The highest BCUT2D eigenvalue weighted by Gasteiger charge is 2.40. The molecule has 121 valence electrons. The first-order valence-electron chi connectivity index (χ1n) is 9.84. The number of nitrogens with zero attached hydrogens (tertiary/aromatic N) is 1. The molecule has 2 saturated carbocycles. The maximum atomic E-state index is 2.43. The second-order valence-electron chi connectivity index (χ2n) is 8.83. The van der Waals surface area contributed by atoms with E-state index in [1.807, 2.05) is 0 Å². The molecule has 2 aliphatic carbocycles. The molecule has 0 aromatic heterocycles. The lowest BCUT2D eigenvalue weighted by atomic mass is 9.63. The molecule has 1 aliphatic heterocycles. The number of piperidine rings is 1. The van der Waals surface area contributed by atoms with Gasteiger partial charge in [0.1, 0.15) is 0 Å². The fourth-order valence-electron chi connectivity index (χ4n) is 5.47. The normalized spacial score (nSPS) is 29.9. The second-order valence-corrected chi connectivity index (χ2v) is 8.83. The van der Waals surface area contributed by atoms with Crippen molar-refractivity contribution in [3.8, 4) is 0 Å². The van der Waals surface area contributed by atoms with Gasteiger partial charge in [-0.15, -0.1) is 0 Å². The van der Waals surface area contributed by atoms with Gasteiger partial charge in [-0.25, -0.2) is 0 Å². The fraction of sp³-hybridized carbons (Fsp3) is 0.950. The number of hydrogen-bond donors (Lipinski definition) is 0. The molecule has 0 unspecified atom stereocenters. The summed E-state index contributed by atoms with van der Waals surface area (Å²) in [6, 6.07) is 0. The Morgan fingerprint density at radius 3 is 1.38 bits per heavy atom. The van der Waals surface area contributed by atoms with Crippen LogP contribution in [0.1, 0.15) is 77.0 Å². The van der Waals surface area contributed by atoms with Crippen molar-refractivity contribution in [3.63, 3.8) is 0 Å². The predicted octanol–water partition coefficient (Wildman–Crippen LogP) is 5.21. The Balaban J connectivity index is 1.68. The minimum absolute atomic E-state index is 0.988. The number of rotatable bonds is 3. The van der Waals surface area contributed by atoms with Crippen LogP contribution in [0.15, 0.2) is 0 Å². The third-order valence-electron chi connectivity index (χ3n) is 6.79. The highest BCUT2D eigenvalue weighted by atomic mass is 15.3. The van der Waals surface area contributed by atoms with E-state index >= 15 is 0 Å². The Hall–Kier alpha value is -0.0400. The summed E-state index contributed by atoms with van der Waals surface area (Å²) in [7, 11) is 4.86. The van der Waals surface area contributed by atoms with Crippen molar-refractivity contribution in [1.82, 2.24) is 0 Å². The zero-order chi connectivity index (χ0) is 14.7. The molecule has 1 radical (unpaired) electrons. The van der Waals surface area contributed by atoms with Crippen molar-refractivity contribution in [2.45, 2.75) is 77.0 Å². The van der Waals surface area contributed by atoms with Crippen LogP contribution in [-0.2, 0) is 0 Å². The van der Waals surface area contributed by atoms with Gasteiger partial charge in [0.05, 0.1) is 27.2 Å². The standard InChI is InChI=1S/C20H37N/c1-21(2)15-13-19(14-16-21)20(17-9-5-3-6-10-17)18-11-7-4-8-12-18/h17-19H,3-16H2,1-2H3/q+1. The summed E-state index contributed by atoms with van der Waals surface area (Å²) in [6.45, 7) is 2.82. The predicted molar refractivity (Wildman–Crippen MR) is 91.0 cm³/mol. The molecule has 3 rings (SSSR count). The van der Waals surface area contributed by atoms with Crippen LogP contribution < -0.4 is 0 Å². The summed E-state index contributed by atoms with van der Waals surface area (Å²) < 4.78 is 1.26. The monoisotopic (exact) mass is 291 g/mol. The van der Waals surface area contributed by atoms with E-state index in [1.165, 1.54) is 94.6 Å². The molecule has 3 aliphatic rings. The smallest absolute Gasteiger partial charge is 0.0785 e. The topological polar surface area (TPSA) is 0 Å². The maximum Gasteiger partial charge on any atom is 0.0785 e. The molecular weight excluding hydrogens is 254 g/mol. The van der Waals surface area contributed by atoms with E-state index in [-0.39, 0.29) is 0 Å². The van der Waals surface area contributed by atoms with E-state index in [1.54, 1.807) is 0 Å². The second kappa shape index (κ2) is 7.02. The third kappa shape index (κ3) is 4.03. The minimum Gasteiger partial charge on any atom is -0.328 e. The average Bonchev–Trinajstić information content (AvgIpc) is 2.51. The zero-order valence-electron chi connectivity index (χ0n) is 14.6. The van der Waals surface area contributed by atoms with Crippen molar-refractivity contribution in [2.75, 3.05) is 27.2 Å². The summed E-state index contributed by atoms with van der Waals surface area (Å²) in [5, 5.41) is 0.